The fourth-order valence-electron chi connectivity index (χ4n) is 4.39. The van der Waals surface area contributed by atoms with E-state index in [1.165, 1.54) is 0 Å². The van der Waals surface area contributed by atoms with Crippen molar-refractivity contribution in [2.45, 2.75) is 32.2 Å². The van der Waals surface area contributed by atoms with Crippen molar-refractivity contribution in [2.75, 3.05) is 26.3 Å². The fraction of sp³-hybridized carbons (Fsp3) is 0.333. The Labute approximate surface area is 222 Å². The summed E-state index contributed by atoms with van der Waals surface area (Å²) in [7, 11) is -3.73. The van der Waals surface area contributed by atoms with Crippen LogP contribution in [0.3, 0.4) is 0 Å². The summed E-state index contributed by atoms with van der Waals surface area (Å²) in [6.07, 6.45) is 0.691. The minimum Gasteiger partial charge on any atom is -0.489 e. The van der Waals surface area contributed by atoms with E-state index >= 15 is 0 Å². The SMILES string of the molecule is CCOP(=O)(OCC)C(Oc1ccc2ccc(C(=N)N)cc2c1)c1ccc(OC2CCN(C(=N)N)C2)cc1. The van der Waals surface area contributed by atoms with Gasteiger partial charge in [0, 0.05) is 24.1 Å². The van der Waals surface area contributed by atoms with E-state index in [4.69, 9.17) is 40.8 Å². The van der Waals surface area contributed by atoms with E-state index in [9.17, 15) is 4.57 Å². The zero-order valence-corrected chi connectivity index (χ0v) is 22.4. The molecule has 10 nitrogen and oxygen atoms in total. The van der Waals surface area contributed by atoms with Gasteiger partial charge in [0.2, 0.25) is 5.85 Å². The van der Waals surface area contributed by atoms with Crippen molar-refractivity contribution in [2.24, 2.45) is 11.5 Å². The Morgan fingerprint density at radius 3 is 2.24 bits per heavy atom. The number of rotatable bonds is 11. The highest BCUT2D eigenvalue weighted by atomic mass is 31.2. The van der Waals surface area contributed by atoms with Crippen molar-refractivity contribution in [1.29, 1.82) is 10.8 Å². The summed E-state index contributed by atoms with van der Waals surface area (Å²) in [5.41, 5.74) is 12.5. The smallest absolute Gasteiger partial charge is 0.375 e. The number of benzene rings is 3. The molecule has 2 atom stereocenters. The molecule has 1 aliphatic heterocycles. The first kappa shape index (κ1) is 27.4. The molecule has 1 heterocycles. The summed E-state index contributed by atoms with van der Waals surface area (Å²) in [4.78, 5) is 1.77. The zero-order chi connectivity index (χ0) is 27.3. The van der Waals surface area contributed by atoms with E-state index in [1.54, 1.807) is 55.1 Å². The molecular formula is C27H34N5O5P. The molecule has 1 saturated heterocycles. The first-order valence-electron chi connectivity index (χ1n) is 12.5. The van der Waals surface area contributed by atoms with Crippen LogP contribution in [0.15, 0.2) is 60.7 Å². The summed E-state index contributed by atoms with van der Waals surface area (Å²) < 4.78 is 37.6. The summed E-state index contributed by atoms with van der Waals surface area (Å²) >= 11 is 0. The van der Waals surface area contributed by atoms with Gasteiger partial charge in [0.1, 0.15) is 23.4 Å². The van der Waals surface area contributed by atoms with Gasteiger partial charge < -0.3 is 34.9 Å². The van der Waals surface area contributed by atoms with Crippen LogP contribution >= 0.6 is 7.60 Å². The van der Waals surface area contributed by atoms with Crippen LogP contribution in [-0.4, -0.2) is 49.1 Å². The van der Waals surface area contributed by atoms with Crippen molar-refractivity contribution in [1.82, 2.24) is 4.90 Å². The van der Waals surface area contributed by atoms with E-state index in [0.29, 0.717) is 35.7 Å². The first-order valence-corrected chi connectivity index (χ1v) is 14.1. The standard InChI is InChI=1S/C27H34N5O5P/c1-3-34-38(33,35-4-2)26(37-23-12-7-18-5-6-20(25(28)29)15-21(18)16-23)19-8-10-22(11-9-19)36-24-13-14-32(17-24)27(30)31/h5-12,15-16,24,26H,3-4,13-14,17H2,1-2H3,(H3,28,29)(H3,30,31). The molecule has 0 aromatic heterocycles. The van der Waals surface area contributed by atoms with E-state index < -0.39 is 13.4 Å². The molecule has 202 valence electrons. The average Bonchev–Trinajstić information content (AvgIpc) is 3.36. The van der Waals surface area contributed by atoms with E-state index in [-0.39, 0.29) is 31.1 Å². The van der Waals surface area contributed by atoms with Crippen LogP contribution in [-0.2, 0) is 13.6 Å². The molecule has 0 aliphatic carbocycles. The van der Waals surface area contributed by atoms with Gasteiger partial charge in [-0.05, 0) is 55.0 Å². The molecule has 4 rings (SSSR count). The van der Waals surface area contributed by atoms with Crippen LogP contribution in [0.4, 0.5) is 0 Å². The third-order valence-corrected chi connectivity index (χ3v) is 8.44. The second-order valence-electron chi connectivity index (χ2n) is 8.91. The molecule has 1 fully saturated rings. The van der Waals surface area contributed by atoms with E-state index in [0.717, 1.165) is 17.2 Å². The Morgan fingerprint density at radius 1 is 0.974 bits per heavy atom. The second kappa shape index (κ2) is 11.9. The lowest BCUT2D eigenvalue weighted by Gasteiger charge is -2.27. The molecule has 0 amide bonds. The molecule has 3 aromatic rings. The van der Waals surface area contributed by atoms with Crippen LogP contribution < -0.4 is 20.9 Å². The molecule has 2 unspecified atom stereocenters. The number of ether oxygens (including phenoxy) is 2. The van der Waals surface area contributed by atoms with Crippen LogP contribution in [0, 0.1) is 10.8 Å². The van der Waals surface area contributed by atoms with Crippen molar-refractivity contribution < 1.29 is 23.1 Å². The third-order valence-electron chi connectivity index (χ3n) is 6.23. The van der Waals surface area contributed by atoms with Crippen molar-refractivity contribution >= 4 is 30.2 Å². The predicted molar refractivity (Wildman–Crippen MR) is 148 cm³/mol. The number of nitrogens with two attached hydrogens (primary N) is 2. The number of amidine groups is 1. The Kier molecular flexibility index (Phi) is 8.56. The number of nitrogen functional groups attached to an aromatic ring is 1. The number of nitrogens with zero attached hydrogens (tertiary/aromatic N) is 1. The lowest BCUT2D eigenvalue weighted by Crippen LogP contribution is -2.35. The van der Waals surface area contributed by atoms with Crippen molar-refractivity contribution in [3.63, 3.8) is 0 Å². The molecule has 0 bridgehead atoms. The Balaban J connectivity index is 1.62. The molecule has 3 aromatic carbocycles. The van der Waals surface area contributed by atoms with Gasteiger partial charge >= 0.3 is 7.60 Å². The van der Waals surface area contributed by atoms with Gasteiger partial charge in [0.25, 0.3) is 0 Å². The third kappa shape index (κ3) is 6.27. The molecular weight excluding hydrogens is 505 g/mol. The summed E-state index contributed by atoms with van der Waals surface area (Å²) in [6, 6.07) is 18.2. The number of likely N-dealkylation sites (tertiary alicyclic amines) is 1. The van der Waals surface area contributed by atoms with Crippen molar-refractivity contribution in [3.8, 4) is 11.5 Å². The summed E-state index contributed by atoms with van der Waals surface area (Å²) in [5.74, 6) is 0.110. The Bertz CT molecular complexity index is 1340. The molecule has 11 heteroatoms. The highest BCUT2D eigenvalue weighted by molar-refractivity contribution is 7.54. The number of nitrogens with one attached hydrogen (secondary N) is 2. The molecule has 0 radical (unpaired) electrons. The minimum absolute atomic E-state index is 0.0257. The highest BCUT2D eigenvalue weighted by Crippen LogP contribution is 2.61. The van der Waals surface area contributed by atoms with E-state index in [2.05, 4.69) is 0 Å². The lowest BCUT2D eigenvalue weighted by atomic mass is 10.1. The topological polar surface area (TPSA) is 157 Å². The van der Waals surface area contributed by atoms with Gasteiger partial charge in [-0.2, -0.15) is 0 Å². The van der Waals surface area contributed by atoms with Crippen LogP contribution in [0.1, 0.15) is 37.2 Å². The molecule has 0 saturated carbocycles. The van der Waals surface area contributed by atoms with Crippen LogP contribution in [0.5, 0.6) is 11.5 Å². The first-order chi connectivity index (χ1) is 18.2. The largest absolute Gasteiger partial charge is 0.489 e. The normalized spacial score (nSPS) is 16.4. The van der Waals surface area contributed by atoms with Gasteiger partial charge in [0.15, 0.2) is 5.96 Å². The van der Waals surface area contributed by atoms with E-state index in [1.807, 2.05) is 24.3 Å². The van der Waals surface area contributed by atoms with Gasteiger partial charge in [-0.15, -0.1) is 0 Å². The molecule has 6 N–H and O–H groups in total. The van der Waals surface area contributed by atoms with Gasteiger partial charge in [-0.25, -0.2) is 0 Å². The molecule has 38 heavy (non-hydrogen) atoms. The second-order valence-corrected chi connectivity index (χ2v) is 11.0. The maximum atomic E-state index is 13.9. The van der Waals surface area contributed by atoms with Gasteiger partial charge in [0.05, 0.1) is 19.8 Å². The lowest BCUT2D eigenvalue weighted by molar-refractivity contribution is 0.162. The summed E-state index contributed by atoms with van der Waals surface area (Å²) in [5, 5.41) is 17.1. The highest BCUT2D eigenvalue weighted by Gasteiger charge is 2.39. The Morgan fingerprint density at radius 2 is 1.63 bits per heavy atom. The summed E-state index contributed by atoms with van der Waals surface area (Å²) in [6.45, 7) is 5.12. The Hall–Kier alpha value is -3.59. The number of hydrogen-bond acceptors (Lipinski definition) is 7. The molecule has 0 spiro atoms. The van der Waals surface area contributed by atoms with Gasteiger partial charge in [-0.3, -0.25) is 15.4 Å². The van der Waals surface area contributed by atoms with Gasteiger partial charge in [-0.1, -0.05) is 30.3 Å². The number of guanidine groups is 1. The van der Waals surface area contributed by atoms with Crippen LogP contribution in [0.2, 0.25) is 0 Å². The molecule has 1 aliphatic rings. The van der Waals surface area contributed by atoms with Crippen LogP contribution in [0.25, 0.3) is 10.8 Å². The average molecular weight is 540 g/mol. The maximum absolute atomic E-state index is 13.9. The van der Waals surface area contributed by atoms with Crippen molar-refractivity contribution in [3.05, 3.63) is 71.8 Å². The number of fused-ring (bicyclic) bond motifs is 1. The quantitative estimate of drug-likeness (QED) is 0.154. The monoisotopic (exact) mass is 539 g/mol. The predicted octanol–water partition coefficient (Wildman–Crippen LogP) is 4.81. The fourth-order valence-corrected chi connectivity index (χ4v) is 6.24. The number of hydrogen-bond donors (Lipinski definition) is 4. The maximum Gasteiger partial charge on any atom is 0.375 e. The zero-order valence-electron chi connectivity index (χ0n) is 21.6. The minimum atomic E-state index is -3.73.